The van der Waals surface area contributed by atoms with Gasteiger partial charge in [-0.2, -0.15) is 0 Å². The number of carbonyl (C=O) groups excluding carboxylic acids is 2. The van der Waals surface area contributed by atoms with Gasteiger partial charge in [-0.25, -0.2) is 13.2 Å². The molecule has 28 heavy (non-hydrogen) atoms. The van der Waals surface area contributed by atoms with Crippen molar-refractivity contribution in [3.63, 3.8) is 0 Å². The molecule has 8 heteroatoms. The summed E-state index contributed by atoms with van der Waals surface area (Å²) in [6, 6.07) is 13.4. The fourth-order valence-corrected chi connectivity index (χ4v) is 4.55. The summed E-state index contributed by atoms with van der Waals surface area (Å²) in [4.78, 5) is 24.6. The number of ether oxygens (including phenoxy) is 1. The van der Waals surface area contributed by atoms with Crippen LogP contribution in [0.3, 0.4) is 0 Å². The summed E-state index contributed by atoms with van der Waals surface area (Å²) in [6.45, 7) is 3.31. The van der Waals surface area contributed by atoms with Crippen molar-refractivity contribution >= 4 is 33.3 Å². The molecule has 2 aromatic rings. The molecule has 1 heterocycles. The molecule has 1 amide bonds. The van der Waals surface area contributed by atoms with Gasteiger partial charge in [0, 0.05) is 11.7 Å². The lowest BCUT2D eigenvalue weighted by atomic mass is 10.1. The Balaban J connectivity index is 1.70. The second kappa shape index (κ2) is 7.63. The molecule has 0 saturated carbocycles. The van der Waals surface area contributed by atoms with Crippen LogP contribution < -0.4 is 9.62 Å². The Kier molecular flexibility index (Phi) is 5.42. The molecule has 2 atom stereocenters. The van der Waals surface area contributed by atoms with Crippen molar-refractivity contribution in [2.24, 2.45) is 0 Å². The molecule has 2 aromatic carbocycles. The predicted molar refractivity (Wildman–Crippen MR) is 107 cm³/mol. The highest BCUT2D eigenvalue weighted by Gasteiger charge is 2.33. The third-order valence-corrected chi connectivity index (χ3v) is 5.79. The lowest BCUT2D eigenvalue weighted by Gasteiger charge is -2.22. The number of benzene rings is 2. The number of sulfonamides is 1. The van der Waals surface area contributed by atoms with Crippen molar-refractivity contribution in [1.82, 2.24) is 0 Å². The highest BCUT2D eigenvalue weighted by atomic mass is 32.2. The van der Waals surface area contributed by atoms with Crippen molar-refractivity contribution < 1.29 is 22.7 Å². The van der Waals surface area contributed by atoms with Crippen LogP contribution >= 0.6 is 0 Å². The number of carbonyl (C=O) groups is 2. The van der Waals surface area contributed by atoms with Crippen LogP contribution in [0, 0.1) is 0 Å². The summed E-state index contributed by atoms with van der Waals surface area (Å²) in [7, 11) is -3.39. The Morgan fingerprint density at radius 2 is 1.86 bits per heavy atom. The number of rotatable bonds is 5. The van der Waals surface area contributed by atoms with Gasteiger partial charge in [0.05, 0.1) is 17.5 Å². The number of anilines is 2. The van der Waals surface area contributed by atoms with E-state index in [4.69, 9.17) is 4.74 Å². The van der Waals surface area contributed by atoms with Gasteiger partial charge >= 0.3 is 5.97 Å². The van der Waals surface area contributed by atoms with Crippen LogP contribution in [0.15, 0.2) is 48.5 Å². The quantitative estimate of drug-likeness (QED) is 0.776. The average Bonchev–Trinajstić information content (AvgIpc) is 2.97. The van der Waals surface area contributed by atoms with Gasteiger partial charge in [0.2, 0.25) is 10.0 Å². The van der Waals surface area contributed by atoms with Gasteiger partial charge in [0.1, 0.15) is 0 Å². The van der Waals surface area contributed by atoms with Crippen molar-refractivity contribution in [3.8, 4) is 0 Å². The fourth-order valence-electron chi connectivity index (χ4n) is 3.28. The zero-order valence-electron chi connectivity index (χ0n) is 15.9. The topological polar surface area (TPSA) is 92.8 Å². The van der Waals surface area contributed by atoms with Gasteiger partial charge in [-0.3, -0.25) is 9.10 Å². The molecule has 0 bridgehead atoms. The zero-order valence-corrected chi connectivity index (χ0v) is 16.7. The van der Waals surface area contributed by atoms with E-state index in [-0.39, 0.29) is 11.6 Å². The minimum Gasteiger partial charge on any atom is -0.449 e. The lowest BCUT2D eigenvalue weighted by molar-refractivity contribution is -0.123. The smallest absolute Gasteiger partial charge is 0.338 e. The molecular weight excluding hydrogens is 380 g/mol. The van der Waals surface area contributed by atoms with Gasteiger partial charge in [0.15, 0.2) is 6.10 Å². The molecular formula is C20H22N2O5S. The summed E-state index contributed by atoms with van der Waals surface area (Å²) >= 11 is 0. The first kappa shape index (κ1) is 19.9. The molecule has 0 spiro atoms. The van der Waals surface area contributed by atoms with Crippen LogP contribution in [0.5, 0.6) is 0 Å². The Morgan fingerprint density at radius 3 is 2.50 bits per heavy atom. The van der Waals surface area contributed by atoms with E-state index in [0.29, 0.717) is 17.8 Å². The Hall–Kier alpha value is -2.87. The van der Waals surface area contributed by atoms with E-state index in [9.17, 15) is 18.0 Å². The van der Waals surface area contributed by atoms with E-state index in [2.05, 4.69) is 5.32 Å². The number of hydrogen-bond acceptors (Lipinski definition) is 5. The fraction of sp³-hybridized carbons (Fsp3) is 0.300. The molecule has 0 radical (unpaired) electrons. The van der Waals surface area contributed by atoms with Gasteiger partial charge in [-0.15, -0.1) is 0 Å². The van der Waals surface area contributed by atoms with Crippen LogP contribution in [0.4, 0.5) is 11.4 Å². The van der Waals surface area contributed by atoms with Crippen molar-refractivity contribution in [2.45, 2.75) is 32.4 Å². The number of nitrogens with one attached hydrogen (secondary N) is 1. The van der Waals surface area contributed by atoms with Gasteiger partial charge in [-0.1, -0.05) is 18.2 Å². The number of amides is 1. The van der Waals surface area contributed by atoms with E-state index in [1.54, 1.807) is 36.4 Å². The number of fused-ring (bicyclic) bond motifs is 1. The van der Waals surface area contributed by atoms with Crippen molar-refractivity contribution in [3.05, 3.63) is 59.7 Å². The summed E-state index contributed by atoms with van der Waals surface area (Å²) in [6.07, 6.45) is 0.689. The monoisotopic (exact) mass is 402 g/mol. The summed E-state index contributed by atoms with van der Waals surface area (Å²) < 4.78 is 30.6. The average molecular weight is 402 g/mol. The van der Waals surface area contributed by atoms with E-state index in [1.807, 2.05) is 13.0 Å². The van der Waals surface area contributed by atoms with Crippen molar-refractivity contribution in [2.75, 3.05) is 15.9 Å². The standard InChI is InChI=1S/C20H22N2O5S/c1-13-11-16-12-15(9-10-18(16)22(13)28(3,25)26)20(24)27-14(2)19(23)21-17-7-5-4-6-8-17/h4-10,12-14H,11H2,1-3H3,(H,21,23)/t13-,14+/m1/s1. The van der Waals surface area contributed by atoms with Crippen molar-refractivity contribution in [1.29, 1.82) is 0 Å². The largest absolute Gasteiger partial charge is 0.449 e. The van der Waals surface area contributed by atoms with E-state index in [1.165, 1.54) is 17.3 Å². The third-order valence-electron chi connectivity index (χ3n) is 4.52. The third kappa shape index (κ3) is 4.17. The highest BCUT2D eigenvalue weighted by molar-refractivity contribution is 7.92. The molecule has 3 rings (SSSR count). The Morgan fingerprint density at radius 1 is 1.18 bits per heavy atom. The maximum atomic E-state index is 12.4. The first-order valence-corrected chi connectivity index (χ1v) is 10.7. The molecule has 1 N–H and O–H groups in total. The summed E-state index contributed by atoms with van der Waals surface area (Å²) in [5, 5.41) is 2.68. The molecule has 0 unspecified atom stereocenters. The molecule has 0 aliphatic carbocycles. The molecule has 7 nitrogen and oxygen atoms in total. The molecule has 0 aromatic heterocycles. The molecule has 148 valence electrons. The number of nitrogens with zero attached hydrogens (tertiary/aromatic N) is 1. The number of para-hydroxylation sites is 1. The van der Waals surface area contributed by atoms with Gasteiger partial charge in [0.25, 0.3) is 5.91 Å². The normalized spacial score (nSPS) is 17.0. The summed E-state index contributed by atoms with van der Waals surface area (Å²) in [5.74, 6) is -1.07. The minimum atomic E-state index is -3.39. The molecule has 0 saturated heterocycles. The molecule has 1 aliphatic heterocycles. The summed E-state index contributed by atoms with van der Waals surface area (Å²) in [5.41, 5.74) is 2.22. The SMILES string of the molecule is C[C@H](OC(=O)c1ccc2c(c1)C[C@@H](C)N2S(C)(=O)=O)C(=O)Nc1ccccc1. The number of hydrogen-bond donors (Lipinski definition) is 1. The zero-order chi connectivity index (χ0) is 20.5. The maximum absolute atomic E-state index is 12.4. The van der Waals surface area contributed by atoms with Crippen LogP contribution in [0.2, 0.25) is 0 Å². The number of esters is 1. The van der Waals surface area contributed by atoms with E-state index in [0.717, 1.165) is 11.8 Å². The van der Waals surface area contributed by atoms with E-state index < -0.39 is 28.0 Å². The lowest BCUT2D eigenvalue weighted by Crippen LogP contribution is -2.34. The predicted octanol–water partition coefficient (Wildman–Crippen LogP) is 2.58. The molecule has 0 fully saturated rings. The van der Waals surface area contributed by atoms with Gasteiger partial charge in [-0.05, 0) is 56.2 Å². The van der Waals surface area contributed by atoms with Crippen LogP contribution in [0.1, 0.15) is 29.8 Å². The second-order valence-corrected chi connectivity index (χ2v) is 8.72. The Bertz CT molecular complexity index is 1000. The first-order valence-electron chi connectivity index (χ1n) is 8.86. The van der Waals surface area contributed by atoms with Crippen LogP contribution in [0.25, 0.3) is 0 Å². The van der Waals surface area contributed by atoms with Crippen LogP contribution in [-0.2, 0) is 26.0 Å². The van der Waals surface area contributed by atoms with Gasteiger partial charge < -0.3 is 10.1 Å². The van der Waals surface area contributed by atoms with Crippen LogP contribution in [-0.4, -0.2) is 38.7 Å². The maximum Gasteiger partial charge on any atom is 0.338 e. The first-order chi connectivity index (χ1) is 13.2. The van der Waals surface area contributed by atoms with E-state index >= 15 is 0 Å². The molecule has 1 aliphatic rings. The Labute approximate surface area is 164 Å². The highest BCUT2D eigenvalue weighted by Crippen LogP contribution is 2.34. The minimum absolute atomic E-state index is 0.216. The second-order valence-electron chi connectivity index (χ2n) is 6.86.